The van der Waals surface area contributed by atoms with E-state index in [4.69, 9.17) is 9.47 Å². The van der Waals surface area contributed by atoms with Crippen LogP contribution in [0, 0.1) is 5.41 Å². The Morgan fingerprint density at radius 3 is 2.44 bits per heavy atom. The molecule has 2 atom stereocenters. The lowest BCUT2D eigenvalue weighted by Gasteiger charge is -2.45. The molecule has 0 spiro atoms. The summed E-state index contributed by atoms with van der Waals surface area (Å²) >= 11 is 0. The molecule has 25 heavy (non-hydrogen) atoms. The number of rotatable bonds is 2. The van der Waals surface area contributed by atoms with Crippen molar-refractivity contribution in [3.05, 3.63) is 40.2 Å². The number of benzene rings is 1. The molecule has 0 radical (unpaired) electrons. The number of ether oxygens (including phenoxy) is 2. The Bertz CT molecular complexity index is 848. The van der Waals surface area contributed by atoms with Gasteiger partial charge >= 0.3 is 5.97 Å². The second-order valence-corrected chi connectivity index (χ2v) is 8.23. The molecule has 1 saturated carbocycles. The van der Waals surface area contributed by atoms with Crippen LogP contribution in [0.2, 0.25) is 0 Å². The van der Waals surface area contributed by atoms with Crippen molar-refractivity contribution in [3.8, 4) is 5.75 Å². The third kappa shape index (κ3) is 1.88. The first-order valence-corrected chi connectivity index (χ1v) is 8.98. The van der Waals surface area contributed by atoms with Crippen molar-refractivity contribution in [3.63, 3.8) is 0 Å². The summed E-state index contributed by atoms with van der Waals surface area (Å²) in [6.07, 6.45) is 2.58. The van der Waals surface area contributed by atoms with Crippen LogP contribution in [0.3, 0.4) is 0 Å². The molecule has 3 aliphatic rings. The molecule has 0 aromatic heterocycles. The summed E-state index contributed by atoms with van der Waals surface area (Å²) in [5, 5.41) is 0. The molecule has 0 saturated heterocycles. The standard InChI is InChI=1S/C21H24O4/c1-11(2)12-9-13-14(10-15(12)24-5)20(3)7-6-8-21(4)18(20)17(16(13)22)25-19(21)23/h9-11H,6-8H2,1-5H3/t20-,21-/m1/s1. The van der Waals surface area contributed by atoms with Gasteiger partial charge in [0.1, 0.15) is 5.75 Å². The third-order valence-corrected chi connectivity index (χ3v) is 6.37. The lowest BCUT2D eigenvalue weighted by Crippen LogP contribution is -2.43. The van der Waals surface area contributed by atoms with Crippen molar-refractivity contribution in [2.24, 2.45) is 5.41 Å². The summed E-state index contributed by atoms with van der Waals surface area (Å²) < 4.78 is 11.2. The Labute approximate surface area is 148 Å². The molecule has 132 valence electrons. The molecule has 1 aromatic carbocycles. The average Bonchev–Trinajstić information content (AvgIpc) is 2.85. The van der Waals surface area contributed by atoms with Crippen LogP contribution in [-0.2, 0) is 14.9 Å². The van der Waals surface area contributed by atoms with Crippen molar-refractivity contribution in [2.75, 3.05) is 7.11 Å². The predicted octanol–water partition coefficient (Wildman–Crippen LogP) is 4.27. The fourth-order valence-electron chi connectivity index (χ4n) is 5.04. The maximum atomic E-state index is 13.2. The Morgan fingerprint density at radius 2 is 1.80 bits per heavy atom. The second kappa shape index (κ2) is 4.96. The first-order valence-electron chi connectivity index (χ1n) is 8.98. The third-order valence-electron chi connectivity index (χ3n) is 6.37. The molecule has 0 N–H and O–H groups in total. The summed E-state index contributed by atoms with van der Waals surface area (Å²) in [5.74, 6) is 0.886. The maximum Gasteiger partial charge on any atom is 0.321 e. The fraction of sp³-hybridized carbons (Fsp3) is 0.524. The number of carbonyl (C=O) groups excluding carboxylic acids is 2. The van der Waals surface area contributed by atoms with Gasteiger partial charge in [-0.25, -0.2) is 0 Å². The Kier molecular flexibility index (Phi) is 3.25. The van der Waals surface area contributed by atoms with Gasteiger partial charge in [-0.05, 0) is 48.9 Å². The Hall–Kier alpha value is -2.10. The molecule has 1 fully saturated rings. The number of esters is 1. The van der Waals surface area contributed by atoms with Crippen LogP contribution in [0.1, 0.15) is 74.4 Å². The van der Waals surface area contributed by atoms with Crippen LogP contribution in [-0.4, -0.2) is 18.9 Å². The number of hydrogen-bond acceptors (Lipinski definition) is 4. The van der Waals surface area contributed by atoms with Gasteiger partial charge in [-0.3, -0.25) is 9.59 Å². The van der Waals surface area contributed by atoms with E-state index in [1.807, 2.05) is 19.1 Å². The molecule has 4 nitrogen and oxygen atoms in total. The van der Waals surface area contributed by atoms with E-state index < -0.39 is 5.41 Å². The monoisotopic (exact) mass is 340 g/mol. The normalized spacial score (nSPS) is 30.3. The van der Waals surface area contributed by atoms with Gasteiger partial charge in [-0.15, -0.1) is 0 Å². The minimum absolute atomic E-state index is 0.161. The topological polar surface area (TPSA) is 52.6 Å². The van der Waals surface area contributed by atoms with Crippen molar-refractivity contribution >= 4 is 11.8 Å². The molecule has 0 amide bonds. The van der Waals surface area contributed by atoms with E-state index in [2.05, 4.69) is 20.8 Å². The highest BCUT2D eigenvalue weighted by Gasteiger charge is 2.60. The first kappa shape index (κ1) is 16.4. The first-order chi connectivity index (χ1) is 11.7. The molecule has 4 rings (SSSR count). The van der Waals surface area contributed by atoms with Crippen LogP contribution in [0.15, 0.2) is 23.5 Å². The number of methoxy groups -OCH3 is 1. The summed E-state index contributed by atoms with van der Waals surface area (Å²) in [4.78, 5) is 25.7. The van der Waals surface area contributed by atoms with Gasteiger partial charge in [0.15, 0.2) is 5.76 Å². The average molecular weight is 340 g/mol. The van der Waals surface area contributed by atoms with Crippen LogP contribution in [0.4, 0.5) is 0 Å². The van der Waals surface area contributed by atoms with Crippen molar-refractivity contribution in [1.82, 2.24) is 0 Å². The Balaban J connectivity index is 2.02. The smallest absolute Gasteiger partial charge is 0.321 e. The number of ketones is 1. The van der Waals surface area contributed by atoms with Gasteiger partial charge in [0, 0.05) is 16.6 Å². The zero-order valence-electron chi connectivity index (χ0n) is 15.5. The van der Waals surface area contributed by atoms with E-state index in [9.17, 15) is 9.59 Å². The van der Waals surface area contributed by atoms with Gasteiger partial charge in [0.05, 0.1) is 12.5 Å². The predicted molar refractivity (Wildman–Crippen MR) is 93.8 cm³/mol. The van der Waals surface area contributed by atoms with E-state index >= 15 is 0 Å². The number of hydrogen-bond donors (Lipinski definition) is 0. The molecule has 1 aromatic rings. The minimum Gasteiger partial charge on any atom is -0.496 e. The van der Waals surface area contributed by atoms with Gasteiger partial charge in [-0.1, -0.05) is 27.2 Å². The Morgan fingerprint density at radius 1 is 1.12 bits per heavy atom. The summed E-state index contributed by atoms with van der Waals surface area (Å²) in [6, 6.07) is 3.95. The summed E-state index contributed by atoms with van der Waals surface area (Å²) in [6.45, 7) is 8.23. The number of allylic oxidation sites excluding steroid dienone is 1. The summed E-state index contributed by atoms with van der Waals surface area (Å²) in [7, 11) is 1.67. The van der Waals surface area contributed by atoms with E-state index in [1.165, 1.54) is 0 Å². The van der Waals surface area contributed by atoms with Gasteiger partial charge < -0.3 is 9.47 Å². The molecule has 1 aliphatic heterocycles. The molecule has 2 aliphatic carbocycles. The lowest BCUT2D eigenvalue weighted by atomic mass is 9.55. The molecular weight excluding hydrogens is 316 g/mol. The van der Waals surface area contributed by atoms with Crippen molar-refractivity contribution in [1.29, 1.82) is 0 Å². The van der Waals surface area contributed by atoms with Gasteiger partial charge in [0.2, 0.25) is 5.78 Å². The largest absolute Gasteiger partial charge is 0.496 e. The van der Waals surface area contributed by atoms with E-state index in [0.29, 0.717) is 5.56 Å². The highest BCUT2D eigenvalue weighted by Crippen LogP contribution is 2.60. The van der Waals surface area contributed by atoms with Crippen LogP contribution >= 0.6 is 0 Å². The summed E-state index contributed by atoms with van der Waals surface area (Å²) in [5.41, 5.74) is 2.48. The van der Waals surface area contributed by atoms with Gasteiger partial charge in [-0.2, -0.15) is 0 Å². The number of Topliss-reactive ketones (excluding diaryl/α,β-unsaturated/α-hetero) is 1. The number of fused-ring (bicyclic) bond motifs is 2. The molecule has 4 heteroatoms. The lowest BCUT2D eigenvalue weighted by molar-refractivity contribution is -0.145. The molecular formula is C21H24O4. The fourth-order valence-corrected chi connectivity index (χ4v) is 5.04. The zero-order chi connectivity index (χ0) is 18.1. The van der Waals surface area contributed by atoms with Gasteiger partial charge in [0.25, 0.3) is 0 Å². The maximum absolute atomic E-state index is 13.2. The van der Waals surface area contributed by atoms with Crippen LogP contribution in [0.25, 0.3) is 0 Å². The SMILES string of the molecule is COc1cc2c(cc1C(C)C)C(=O)C1=C3[C@@](C)(CCC[C@@]32C)C(=O)O1. The van der Waals surface area contributed by atoms with E-state index in [0.717, 1.165) is 41.7 Å². The second-order valence-electron chi connectivity index (χ2n) is 8.23. The molecule has 1 heterocycles. The highest BCUT2D eigenvalue weighted by atomic mass is 16.5. The van der Waals surface area contributed by atoms with E-state index in [-0.39, 0.29) is 28.8 Å². The molecule has 0 bridgehead atoms. The van der Waals surface area contributed by atoms with E-state index in [1.54, 1.807) is 7.11 Å². The van der Waals surface area contributed by atoms with Crippen molar-refractivity contribution in [2.45, 2.75) is 58.3 Å². The number of carbonyl (C=O) groups is 2. The molecule has 0 unspecified atom stereocenters. The zero-order valence-corrected chi connectivity index (χ0v) is 15.5. The van der Waals surface area contributed by atoms with Crippen molar-refractivity contribution < 1.29 is 19.1 Å². The quantitative estimate of drug-likeness (QED) is 0.754. The van der Waals surface area contributed by atoms with Crippen LogP contribution in [0.5, 0.6) is 5.75 Å². The van der Waals surface area contributed by atoms with Crippen LogP contribution < -0.4 is 4.74 Å². The minimum atomic E-state index is -0.681. The highest BCUT2D eigenvalue weighted by molar-refractivity contribution is 6.15.